The molecule has 0 atom stereocenters. The van der Waals surface area contributed by atoms with Crippen molar-refractivity contribution in [1.29, 1.82) is 0 Å². The lowest BCUT2D eigenvalue weighted by Gasteiger charge is -1.72. The Morgan fingerprint density at radius 3 is 2.33 bits per heavy atom. The van der Waals surface area contributed by atoms with Gasteiger partial charge < -0.3 is 0 Å². The van der Waals surface area contributed by atoms with E-state index in [9.17, 15) is 4.57 Å². The van der Waals surface area contributed by atoms with Gasteiger partial charge in [0.25, 0.3) is 0 Å². The maximum Gasteiger partial charge on any atom is 0.327 e. The van der Waals surface area contributed by atoms with Crippen LogP contribution in [-0.2, 0) is 9.09 Å². The summed E-state index contributed by atoms with van der Waals surface area (Å²) in [5, 5.41) is 0. The Balaban J connectivity index is 0. The van der Waals surface area contributed by atoms with Crippen molar-refractivity contribution >= 4 is 8.69 Å². The zero-order chi connectivity index (χ0) is 4.12. The van der Waals surface area contributed by atoms with Crippen molar-refractivity contribution in [3.8, 4) is 0 Å². The Bertz CT molecular complexity index is 32.7. The van der Waals surface area contributed by atoms with Crippen LogP contribution in [0.4, 0.5) is 4.70 Å². The SMILES string of the molecule is CCOP=O.F. The van der Waals surface area contributed by atoms with Gasteiger partial charge in [-0.15, -0.1) is 0 Å². The lowest BCUT2D eigenvalue weighted by molar-refractivity contribution is 0.365. The average Bonchev–Trinajstić information content (AvgIpc) is 1.41. The largest absolute Gasteiger partial charge is 0.327 e. The van der Waals surface area contributed by atoms with E-state index in [1.807, 2.05) is 0 Å². The van der Waals surface area contributed by atoms with Gasteiger partial charge in [-0.1, -0.05) is 0 Å². The molecule has 0 saturated carbocycles. The summed E-state index contributed by atoms with van der Waals surface area (Å²) in [6.45, 7) is 2.30. The molecule has 0 bridgehead atoms. The maximum absolute atomic E-state index is 9.28. The van der Waals surface area contributed by atoms with Crippen LogP contribution in [0, 0.1) is 0 Å². The van der Waals surface area contributed by atoms with E-state index in [1.165, 1.54) is 0 Å². The lowest BCUT2D eigenvalue weighted by atomic mass is 10.9. The summed E-state index contributed by atoms with van der Waals surface area (Å²) in [7, 11) is -0.220. The normalized spacial score (nSPS) is 7.50. The lowest BCUT2D eigenvalue weighted by Crippen LogP contribution is -1.65. The molecule has 0 N–H and O–H groups in total. The molecule has 0 fully saturated rings. The second-order valence-electron chi connectivity index (χ2n) is 0.492. The molecule has 0 aliphatic carbocycles. The van der Waals surface area contributed by atoms with Gasteiger partial charge in [0, 0.05) is 0 Å². The highest BCUT2D eigenvalue weighted by Gasteiger charge is 1.65. The molecular formula is C2H6FO2P. The molecule has 0 aromatic rings. The Morgan fingerprint density at radius 1 is 1.83 bits per heavy atom. The molecule has 0 heterocycles. The third-order valence-corrected chi connectivity index (χ3v) is 0.545. The summed E-state index contributed by atoms with van der Waals surface area (Å²) < 4.78 is 13.5. The molecule has 0 aliphatic rings. The molecule has 0 aromatic heterocycles. The maximum atomic E-state index is 9.28. The molecular weight excluding hydrogens is 106 g/mol. The standard InChI is InChI=1S/C2H5O2P.FH/c1-2-4-5-3;/h2H2,1H3;1H. The van der Waals surface area contributed by atoms with Crippen molar-refractivity contribution < 1.29 is 13.8 Å². The zero-order valence-electron chi connectivity index (χ0n) is 3.38. The van der Waals surface area contributed by atoms with E-state index >= 15 is 0 Å². The summed E-state index contributed by atoms with van der Waals surface area (Å²) in [4.78, 5) is 0. The number of rotatable bonds is 2. The van der Waals surface area contributed by atoms with Crippen molar-refractivity contribution in [2.24, 2.45) is 0 Å². The fourth-order valence-corrected chi connectivity index (χ4v) is 0.158. The van der Waals surface area contributed by atoms with Crippen molar-refractivity contribution in [3.63, 3.8) is 0 Å². The van der Waals surface area contributed by atoms with E-state index < -0.39 is 0 Å². The second kappa shape index (κ2) is 8.89. The summed E-state index contributed by atoms with van der Waals surface area (Å²) in [6.07, 6.45) is 0. The Hall–Kier alpha value is -0.0100. The molecule has 38 valence electrons. The van der Waals surface area contributed by atoms with Crippen molar-refractivity contribution in [1.82, 2.24) is 0 Å². The molecule has 0 rings (SSSR count). The number of hydrogen-bond acceptors (Lipinski definition) is 2. The fraction of sp³-hybridized carbons (Fsp3) is 1.00. The molecule has 4 heteroatoms. The molecule has 0 unspecified atom stereocenters. The summed E-state index contributed by atoms with van der Waals surface area (Å²) in [6, 6.07) is 0. The smallest absolute Gasteiger partial charge is 0.295 e. The Kier molecular flexibility index (Phi) is 13.9. The van der Waals surface area contributed by atoms with Crippen molar-refractivity contribution in [2.45, 2.75) is 6.92 Å². The van der Waals surface area contributed by atoms with Crippen LogP contribution < -0.4 is 0 Å². The summed E-state index contributed by atoms with van der Waals surface area (Å²) in [5.74, 6) is 0. The van der Waals surface area contributed by atoms with E-state index in [0.717, 1.165) is 0 Å². The molecule has 0 saturated heterocycles. The minimum absolute atomic E-state index is 0. The van der Waals surface area contributed by atoms with E-state index in [2.05, 4.69) is 4.52 Å². The number of hydrogen-bond donors (Lipinski definition) is 0. The summed E-state index contributed by atoms with van der Waals surface area (Å²) >= 11 is 0. The van der Waals surface area contributed by atoms with Crippen LogP contribution in [0.5, 0.6) is 0 Å². The van der Waals surface area contributed by atoms with E-state index in [-0.39, 0.29) is 13.4 Å². The minimum atomic E-state index is -0.220. The van der Waals surface area contributed by atoms with E-state index in [1.54, 1.807) is 6.92 Å². The van der Waals surface area contributed by atoms with Crippen LogP contribution in [0.15, 0.2) is 0 Å². The highest BCUT2D eigenvalue weighted by molar-refractivity contribution is 7.17. The van der Waals surface area contributed by atoms with E-state index in [0.29, 0.717) is 6.61 Å². The quantitative estimate of drug-likeness (QED) is 0.504. The highest BCUT2D eigenvalue weighted by atomic mass is 31.1. The molecule has 6 heavy (non-hydrogen) atoms. The first-order chi connectivity index (χ1) is 2.41. The van der Waals surface area contributed by atoms with Crippen LogP contribution >= 0.6 is 8.69 Å². The Morgan fingerprint density at radius 2 is 2.33 bits per heavy atom. The molecule has 0 aliphatic heterocycles. The first kappa shape index (κ1) is 9.37. The molecule has 0 spiro atoms. The molecule has 0 aromatic carbocycles. The summed E-state index contributed by atoms with van der Waals surface area (Å²) in [5.41, 5.74) is 0. The van der Waals surface area contributed by atoms with Gasteiger partial charge in [0.1, 0.15) is 0 Å². The zero-order valence-corrected chi connectivity index (χ0v) is 4.27. The van der Waals surface area contributed by atoms with Crippen LogP contribution in [-0.4, -0.2) is 6.61 Å². The van der Waals surface area contributed by atoms with Gasteiger partial charge in [-0.05, 0) is 6.92 Å². The van der Waals surface area contributed by atoms with Gasteiger partial charge in [-0.25, -0.2) is 4.57 Å². The number of halogens is 1. The second-order valence-corrected chi connectivity index (χ2v) is 0.900. The predicted octanol–water partition coefficient (Wildman–Crippen LogP) is 1.38. The Labute approximate surface area is 37.2 Å². The van der Waals surface area contributed by atoms with Crippen molar-refractivity contribution in [3.05, 3.63) is 0 Å². The van der Waals surface area contributed by atoms with Gasteiger partial charge in [0.2, 0.25) is 0 Å². The third-order valence-electron chi connectivity index (χ3n) is 0.182. The first-order valence-corrected chi connectivity index (χ1v) is 2.09. The third kappa shape index (κ3) is 9.01. The van der Waals surface area contributed by atoms with Gasteiger partial charge in [0.15, 0.2) is 0 Å². The van der Waals surface area contributed by atoms with Gasteiger partial charge in [0.05, 0.1) is 6.61 Å². The van der Waals surface area contributed by atoms with Gasteiger partial charge in [-0.2, -0.15) is 0 Å². The average molecular weight is 112 g/mol. The van der Waals surface area contributed by atoms with E-state index in [4.69, 9.17) is 0 Å². The van der Waals surface area contributed by atoms with Crippen LogP contribution in [0.3, 0.4) is 0 Å². The van der Waals surface area contributed by atoms with Gasteiger partial charge in [-0.3, -0.25) is 9.23 Å². The monoisotopic (exact) mass is 112 g/mol. The first-order valence-electron chi connectivity index (χ1n) is 1.36. The minimum Gasteiger partial charge on any atom is -0.295 e. The van der Waals surface area contributed by atoms with Crippen LogP contribution in [0.1, 0.15) is 6.92 Å². The van der Waals surface area contributed by atoms with Gasteiger partial charge >= 0.3 is 8.69 Å². The predicted molar refractivity (Wildman–Crippen MR) is 21.7 cm³/mol. The topological polar surface area (TPSA) is 26.3 Å². The van der Waals surface area contributed by atoms with Crippen LogP contribution in [0.25, 0.3) is 0 Å². The molecule has 2 nitrogen and oxygen atoms in total. The molecule has 0 amide bonds. The van der Waals surface area contributed by atoms with Crippen LogP contribution in [0.2, 0.25) is 0 Å². The molecule has 0 radical (unpaired) electrons. The van der Waals surface area contributed by atoms with Crippen molar-refractivity contribution in [2.75, 3.05) is 6.61 Å². The highest BCUT2D eigenvalue weighted by Crippen LogP contribution is 1.89. The fourth-order valence-electron chi connectivity index (χ4n) is 0.0527.